The smallest absolute Gasteiger partial charge is 0.408 e. The van der Waals surface area contributed by atoms with Gasteiger partial charge in [0.25, 0.3) is 0 Å². The number of nitrogens with zero attached hydrogens (tertiary/aromatic N) is 1. The summed E-state index contributed by atoms with van der Waals surface area (Å²) in [7, 11) is 0. The van der Waals surface area contributed by atoms with E-state index in [0.29, 0.717) is 6.42 Å². The number of hydrogen-bond donors (Lipinski definition) is 2. The van der Waals surface area contributed by atoms with Crippen molar-refractivity contribution >= 4 is 18.0 Å². The van der Waals surface area contributed by atoms with Crippen LogP contribution in [0.3, 0.4) is 0 Å². The van der Waals surface area contributed by atoms with Crippen molar-refractivity contribution in [2.45, 2.75) is 71.7 Å². The molecule has 2 N–H and O–H groups in total. The Kier molecular flexibility index (Phi) is 9.66. The van der Waals surface area contributed by atoms with Gasteiger partial charge in [-0.3, -0.25) is 4.79 Å². The van der Waals surface area contributed by atoms with Gasteiger partial charge in [0, 0.05) is 13.0 Å². The first-order chi connectivity index (χ1) is 16.0. The number of carboxylic acid groups (broad SMARTS) is 1. The number of hydrogen-bond acceptors (Lipinski definition) is 4. The maximum Gasteiger partial charge on any atom is 0.408 e. The topological polar surface area (TPSA) is 95.9 Å². The van der Waals surface area contributed by atoms with Crippen molar-refractivity contribution in [1.82, 2.24) is 10.2 Å². The summed E-state index contributed by atoms with van der Waals surface area (Å²) >= 11 is 0. The molecule has 0 spiro atoms. The number of ether oxygens (including phenoxy) is 1. The van der Waals surface area contributed by atoms with Gasteiger partial charge in [0.15, 0.2) is 0 Å². The van der Waals surface area contributed by atoms with Crippen LogP contribution < -0.4 is 5.32 Å². The third kappa shape index (κ3) is 8.89. The van der Waals surface area contributed by atoms with Crippen molar-refractivity contribution in [2.75, 3.05) is 0 Å². The molecule has 0 saturated carbocycles. The maximum absolute atomic E-state index is 13.8. The molecule has 0 bridgehead atoms. The Labute approximate surface area is 202 Å². The monoisotopic (exact) mass is 468 g/mol. The molecule has 0 saturated heterocycles. The lowest BCUT2D eigenvalue weighted by Gasteiger charge is -2.33. The molecule has 0 fully saturated rings. The lowest BCUT2D eigenvalue weighted by atomic mass is 9.99. The van der Waals surface area contributed by atoms with Crippen molar-refractivity contribution < 1.29 is 24.2 Å². The van der Waals surface area contributed by atoms with E-state index in [-0.39, 0.29) is 18.9 Å². The lowest BCUT2D eigenvalue weighted by Crippen LogP contribution is -2.55. The highest BCUT2D eigenvalue weighted by Crippen LogP contribution is 2.18. The Balaban J connectivity index is 2.40. The van der Waals surface area contributed by atoms with Crippen LogP contribution in [-0.4, -0.2) is 45.7 Å². The molecule has 0 aliphatic rings. The quantitative estimate of drug-likeness (QED) is 0.529. The molecule has 0 aliphatic heterocycles. The highest BCUT2D eigenvalue weighted by molar-refractivity contribution is 5.89. The van der Waals surface area contributed by atoms with Crippen molar-refractivity contribution in [1.29, 1.82) is 0 Å². The summed E-state index contributed by atoms with van der Waals surface area (Å²) in [4.78, 5) is 40.1. The van der Waals surface area contributed by atoms with Crippen molar-refractivity contribution in [3.8, 4) is 0 Å². The van der Waals surface area contributed by atoms with E-state index in [4.69, 9.17) is 4.74 Å². The van der Waals surface area contributed by atoms with Crippen LogP contribution in [0.15, 0.2) is 60.7 Å². The summed E-state index contributed by atoms with van der Waals surface area (Å²) in [6.07, 6.45) is -0.211. The minimum Gasteiger partial charge on any atom is -0.480 e. The molecule has 184 valence electrons. The molecule has 2 aromatic carbocycles. The Bertz CT molecular complexity index is 938. The number of rotatable bonds is 10. The van der Waals surface area contributed by atoms with Crippen molar-refractivity contribution in [2.24, 2.45) is 5.92 Å². The Morgan fingerprint density at radius 2 is 1.47 bits per heavy atom. The zero-order valence-corrected chi connectivity index (χ0v) is 20.7. The first kappa shape index (κ1) is 26.9. The van der Waals surface area contributed by atoms with E-state index in [1.807, 2.05) is 74.5 Å². The number of carboxylic acids is 1. The van der Waals surface area contributed by atoms with E-state index >= 15 is 0 Å². The van der Waals surface area contributed by atoms with Crippen LogP contribution in [0.2, 0.25) is 0 Å². The van der Waals surface area contributed by atoms with Crippen molar-refractivity contribution in [3.05, 3.63) is 71.8 Å². The Morgan fingerprint density at radius 1 is 0.941 bits per heavy atom. The van der Waals surface area contributed by atoms with Gasteiger partial charge in [0.05, 0.1) is 0 Å². The van der Waals surface area contributed by atoms with E-state index in [2.05, 4.69) is 5.32 Å². The second kappa shape index (κ2) is 12.2. The second-order valence-electron chi connectivity index (χ2n) is 9.82. The number of carbonyl (C=O) groups is 3. The molecular weight excluding hydrogens is 432 g/mol. The van der Waals surface area contributed by atoms with Crippen LogP contribution in [0.25, 0.3) is 0 Å². The molecule has 2 atom stereocenters. The van der Waals surface area contributed by atoms with Gasteiger partial charge in [-0.15, -0.1) is 0 Å². The van der Waals surface area contributed by atoms with E-state index in [1.54, 1.807) is 20.8 Å². The fraction of sp³-hybridized carbons (Fsp3) is 0.444. The van der Waals surface area contributed by atoms with E-state index in [1.165, 1.54) is 4.90 Å². The molecule has 34 heavy (non-hydrogen) atoms. The maximum atomic E-state index is 13.8. The Morgan fingerprint density at radius 3 is 1.94 bits per heavy atom. The molecule has 7 nitrogen and oxygen atoms in total. The van der Waals surface area contributed by atoms with Gasteiger partial charge in [-0.25, -0.2) is 9.59 Å². The summed E-state index contributed by atoms with van der Waals surface area (Å²) in [5.41, 5.74) is 0.882. The molecule has 0 aliphatic carbocycles. The standard InChI is InChI=1S/C27H36N2O5/c1-19(2)16-22(28-26(33)34-27(3,4)5)24(30)29(18-21-14-10-7-11-15-21)23(25(31)32)17-20-12-8-6-9-13-20/h6-15,19,22-23H,16-18H2,1-5H3,(H,28,33)(H,31,32)/t22-,23-/m0/s1. The van der Waals surface area contributed by atoms with Gasteiger partial charge < -0.3 is 20.1 Å². The average molecular weight is 469 g/mol. The van der Waals surface area contributed by atoms with Crippen LogP contribution in [0.4, 0.5) is 4.79 Å². The zero-order valence-electron chi connectivity index (χ0n) is 20.7. The van der Waals surface area contributed by atoms with Gasteiger partial charge in [-0.05, 0) is 44.2 Å². The van der Waals surface area contributed by atoms with Gasteiger partial charge in [0.2, 0.25) is 5.91 Å². The molecule has 2 amide bonds. The lowest BCUT2D eigenvalue weighted by molar-refractivity contribution is -0.151. The highest BCUT2D eigenvalue weighted by Gasteiger charge is 2.35. The van der Waals surface area contributed by atoms with Gasteiger partial charge in [-0.1, -0.05) is 74.5 Å². The number of amides is 2. The predicted molar refractivity (Wildman–Crippen MR) is 131 cm³/mol. The summed E-state index contributed by atoms with van der Waals surface area (Å²) in [5.74, 6) is -1.47. The van der Waals surface area contributed by atoms with Crippen LogP contribution in [0, 0.1) is 5.92 Å². The van der Waals surface area contributed by atoms with E-state index in [9.17, 15) is 19.5 Å². The molecule has 2 rings (SSSR count). The van der Waals surface area contributed by atoms with Crippen LogP contribution in [-0.2, 0) is 27.3 Å². The third-order valence-corrected chi connectivity index (χ3v) is 5.11. The summed E-state index contributed by atoms with van der Waals surface area (Å²) < 4.78 is 5.36. The number of benzene rings is 2. The number of carbonyl (C=O) groups excluding carboxylic acids is 2. The molecule has 7 heteroatoms. The number of nitrogens with one attached hydrogen (secondary N) is 1. The third-order valence-electron chi connectivity index (χ3n) is 5.11. The van der Waals surface area contributed by atoms with Crippen LogP contribution >= 0.6 is 0 Å². The van der Waals surface area contributed by atoms with E-state index < -0.39 is 35.7 Å². The molecule has 0 heterocycles. The van der Waals surface area contributed by atoms with Gasteiger partial charge in [-0.2, -0.15) is 0 Å². The number of aliphatic carboxylic acids is 1. The SMILES string of the molecule is CC(C)C[C@H](NC(=O)OC(C)(C)C)C(=O)N(Cc1ccccc1)[C@@H](Cc1ccccc1)C(=O)O. The number of alkyl carbamates (subject to hydrolysis) is 1. The summed E-state index contributed by atoms with van der Waals surface area (Å²) in [6, 6.07) is 16.4. The largest absolute Gasteiger partial charge is 0.480 e. The minimum atomic E-state index is -1.11. The molecule has 2 aromatic rings. The fourth-order valence-electron chi connectivity index (χ4n) is 3.63. The molecule has 0 unspecified atom stereocenters. The predicted octanol–water partition coefficient (Wildman–Crippen LogP) is 4.65. The summed E-state index contributed by atoms with van der Waals surface area (Å²) in [6.45, 7) is 9.22. The zero-order chi connectivity index (χ0) is 25.3. The van der Waals surface area contributed by atoms with Gasteiger partial charge in [0.1, 0.15) is 17.7 Å². The summed E-state index contributed by atoms with van der Waals surface area (Å²) in [5, 5.41) is 12.8. The molecule has 0 radical (unpaired) electrons. The fourth-order valence-corrected chi connectivity index (χ4v) is 3.63. The van der Waals surface area contributed by atoms with Crippen LogP contribution in [0.1, 0.15) is 52.2 Å². The Hall–Kier alpha value is -3.35. The van der Waals surface area contributed by atoms with Crippen molar-refractivity contribution in [3.63, 3.8) is 0 Å². The minimum absolute atomic E-state index is 0.0832. The first-order valence-corrected chi connectivity index (χ1v) is 11.6. The average Bonchev–Trinajstić information content (AvgIpc) is 2.75. The normalized spacial score (nSPS) is 13.1. The second-order valence-corrected chi connectivity index (χ2v) is 9.82. The molecular formula is C27H36N2O5. The highest BCUT2D eigenvalue weighted by atomic mass is 16.6. The first-order valence-electron chi connectivity index (χ1n) is 11.6. The van der Waals surface area contributed by atoms with Gasteiger partial charge >= 0.3 is 12.1 Å². The van der Waals surface area contributed by atoms with Crippen LogP contribution in [0.5, 0.6) is 0 Å². The van der Waals surface area contributed by atoms with E-state index in [0.717, 1.165) is 11.1 Å². The molecule has 0 aromatic heterocycles.